The average Bonchev–Trinajstić information content (AvgIpc) is 3.22. The molecule has 3 heterocycles. The summed E-state index contributed by atoms with van der Waals surface area (Å²) in [5, 5.41) is 14.0. The van der Waals surface area contributed by atoms with Crippen LogP contribution in [0.1, 0.15) is 28.0 Å². The quantitative estimate of drug-likeness (QED) is 0.719. The van der Waals surface area contributed by atoms with Crippen LogP contribution in [0.5, 0.6) is 0 Å². The number of nitrogens with one attached hydrogen (secondary N) is 1. The zero-order valence-electron chi connectivity index (χ0n) is 13.9. The largest absolute Gasteiger partial charge is 0.345 e. The van der Waals surface area contributed by atoms with Crippen LogP contribution in [0, 0.1) is 13.8 Å². The monoisotopic (exact) mass is 374 g/mol. The zero-order valence-corrected chi connectivity index (χ0v) is 15.6. The fraction of sp³-hybridized carbons (Fsp3) is 0.294. The summed E-state index contributed by atoms with van der Waals surface area (Å²) >= 11 is 3.15. The SMILES string of the molecule is Cc1csc(C(Cc2ccsc2)NC(=O)Cn2nc(C)ccc2=O)n1. The van der Waals surface area contributed by atoms with E-state index < -0.39 is 0 Å². The first kappa shape index (κ1) is 17.5. The van der Waals surface area contributed by atoms with Crippen molar-refractivity contribution in [2.45, 2.75) is 32.9 Å². The summed E-state index contributed by atoms with van der Waals surface area (Å²) in [6, 6.07) is 4.87. The van der Waals surface area contributed by atoms with Gasteiger partial charge in [-0.05, 0) is 42.3 Å². The summed E-state index contributed by atoms with van der Waals surface area (Å²) in [7, 11) is 0. The predicted octanol–water partition coefficient (Wildman–Crippen LogP) is 2.48. The van der Waals surface area contributed by atoms with Gasteiger partial charge in [0, 0.05) is 23.6 Å². The van der Waals surface area contributed by atoms with Gasteiger partial charge in [0.2, 0.25) is 5.91 Å². The molecule has 25 heavy (non-hydrogen) atoms. The molecule has 0 bridgehead atoms. The van der Waals surface area contributed by atoms with E-state index in [-0.39, 0.29) is 24.1 Å². The van der Waals surface area contributed by atoms with E-state index in [0.717, 1.165) is 16.3 Å². The predicted molar refractivity (Wildman–Crippen MR) is 99.0 cm³/mol. The van der Waals surface area contributed by atoms with Crippen LogP contribution in [-0.4, -0.2) is 20.7 Å². The number of carbonyl (C=O) groups is 1. The number of hydrogen-bond acceptors (Lipinski definition) is 6. The van der Waals surface area contributed by atoms with Gasteiger partial charge in [0.15, 0.2) is 0 Å². The van der Waals surface area contributed by atoms with Gasteiger partial charge in [0.1, 0.15) is 11.6 Å². The van der Waals surface area contributed by atoms with E-state index in [0.29, 0.717) is 12.1 Å². The number of thiophene rings is 1. The van der Waals surface area contributed by atoms with Gasteiger partial charge >= 0.3 is 0 Å². The standard InChI is InChI=1S/C17H18N4O2S2/c1-11-3-4-16(23)21(20-11)8-15(22)19-14(7-13-5-6-24-10-13)17-18-12(2)9-25-17/h3-6,9-10,14H,7-8H2,1-2H3,(H,19,22). The van der Waals surface area contributed by atoms with Crippen molar-refractivity contribution >= 4 is 28.6 Å². The molecule has 0 saturated heterocycles. The molecule has 0 fully saturated rings. The highest BCUT2D eigenvalue weighted by Gasteiger charge is 2.19. The molecule has 0 spiro atoms. The van der Waals surface area contributed by atoms with Crippen molar-refractivity contribution in [1.82, 2.24) is 20.1 Å². The van der Waals surface area contributed by atoms with Crippen molar-refractivity contribution in [3.8, 4) is 0 Å². The number of carbonyl (C=O) groups excluding carboxylic acids is 1. The number of rotatable bonds is 6. The van der Waals surface area contributed by atoms with Crippen molar-refractivity contribution in [2.75, 3.05) is 0 Å². The lowest BCUT2D eigenvalue weighted by molar-refractivity contribution is -0.122. The number of aromatic nitrogens is 3. The number of thiazole rings is 1. The molecule has 130 valence electrons. The molecule has 6 nitrogen and oxygen atoms in total. The second-order valence-electron chi connectivity index (χ2n) is 5.75. The Morgan fingerprint density at radius 1 is 1.24 bits per heavy atom. The average molecular weight is 374 g/mol. The van der Waals surface area contributed by atoms with E-state index in [4.69, 9.17) is 0 Å². The highest BCUT2D eigenvalue weighted by atomic mass is 32.1. The second kappa shape index (κ2) is 7.71. The van der Waals surface area contributed by atoms with Crippen molar-refractivity contribution in [3.63, 3.8) is 0 Å². The molecule has 0 saturated carbocycles. The first-order valence-electron chi connectivity index (χ1n) is 7.78. The minimum Gasteiger partial charge on any atom is -0.345 e. The summed E-state index contributed by atoms with van der Waals surface area (Å²) in [5.41, 5.74) is 2.48. The summed E-state index contributed by atoms with van der Waals surface area (Å²) < 4.78 is 1.18. The summed E-state index contributed by atoms with van der Waals surface area (Å²) in [4.78, 5) is 28.8. The Labute approximate surface area is 153 Å². The van der Waals surface area contributed by atoms with Gasteiger partial charge in [0.25, 0.3) is 5.56 Å². The van der Waals surface area contributed by atoms with Gasteiger partial charge in [-0.25, -0.2) is 9.67 Å². The van der Waals surface area contributed by atoms with E-state index in [2.05, 4.69) is 20.8 Å². The molecule has 3 aromatic rings. The van der Waals surface area contributed by atoms with E-state index in [1.165, 1.54) is 22.1 Å². The van der Waals surface area contributed by atoms with E-state index in [1.807, 2.05) is 23.8 Å². The molecular formula is C17H18N4O2S2. The van der Waals surface area contributed by atoms with Crippen LogP contribution in [0.3, 0.4) is 0 Å². The Morgan fingerprint density at radius 3 is 2.76 bits per heavy atom. The highest BCUT2D eigenvalue weighted by Crippen LogP contribution is 2.23. The maximum atomic E-state index is 12.5. The molecule has 3 aromatic heterocycles. The van der Waals surface area contributed by atoms with Crippen LogP contribution >= 0.6 is 22.7 Å². The fourth-order valence-corrected chi connectivity index (χ4v) is 3.95. The molecule has 1 amide bonds. The number of aryl methyl sites for hydroxylation is 2. The molecule has 0 aromatic carbocycles. The molecule has 0 aliphatic carbocycles. The normalized spacial score (nSPS) is 12.1. The van der Waals surface area contributed by atoms with Gasteiger partial charge < -0.3 is 5.32 Å². The Bertz CT molecular complexity index is 915. The van der Waals surface area contributed by atoms with Gasteiger partial charge in [-0.15, -0.1) is 11.3 Å². The number of amides is 1. The second-order valence-corrected chi connectivity index (χ2v) is 7.42. The van der Waals surface area contributed by atoms with Crippen molar-refractivity contribution in [2.24, 2.45) is 0 Å². The van der Waals surface area contributed by atoms with Crippen LogP contribution in [0.4, 0.5) is 0 Å². The Kier molecular flexibility index (Phi) is 5.40. The van der Waals surface area contributed by atoms with E-state index >= 15 is 0 Å². The molecule has 0 aliphatic rings. The first-order chi connectivity index (χ1) is 12.0. The van der Waals surface area contributed by atoms with Crippen LogP contribution in [-0.2, 0) is 17.8 Å². The third kappa shape index (κ3) is 4.61. The van der Waals surface area contributed by atoms with E-state index in [1.54, 1.807) is 24.3 Å². The smallest absolute Gasteiger partial charge is 0.267 e. The van der Waals surface area contributed by atoms with Gasteiger partial charge in [-0.2, -0.15) is 16.4 Å². The molecule has 0 radical (unpaired) electrons. The fourth-order valence-electron chi connectivity index (χ4n) is 2.42. The van der Waals surface area contributed by atoms with Crippen LogP contribution < -0.4 is 10.9 Å². The third-order valence-corrected chi connectivity index (χ3v) is 5.39. The molecule has 1 N–H and O–H groups in total. The molecule has 1 atom stereocenters. The maximum absolute atomic E-state index is 12.5. The number of hydrogen-bond donors (Lipinski definition) is 1. The van der Waals surface area contributed by atoms with Gasteiger partial charge in [0.05, 0.1) is 11.7 Å². The highest BCUT2D eigenvalue weighted by molar-refractivity contribution is 7.09. The van der Waals surface area contributed by atoms with Crippen molar-refractivity contribution < 1.29 is 4.79 Å². The van der Waals surface area contributed by atoms with Gasteiger partial charge in [-0.1, -0.05) is 0 Å². The number of nitrogens with zero attached hydrogens (tertiary/aromatic N) is 3. The van der Waals surface area contributed by atoms with E-state index in [9.17, 15) is 9.59 Å². The van der Waals surface area contributed by atoms with Crippen LogP contribution in [0.15, 0.2) is 39.1 Å². The lowest BCUT2D eigenvalue weighted by Crippen LogP contribution is -2.36. The van der Waals surface area contributed by atoms with Crippen molar-refractivity contribution in [3.05, 3.63) is 66.7 Å². The summed E-state index contributed by atoms with van der Waals surface area (Å²) in [6.45, 7) is 3.61. The molecule has 3 rings (SSSR count). The molecular weight excluding hydrogens is 356 g/mol. The third-order valence-electron chi connectivity index (χ3n) is 3.58. The molecule has 0 aliphatic heterocycles. The van der Waals surface area contributed by atoms with Crippen LogP contribution in [0.25, 0.3) is 0 Å². The maximum Gasteiger partial charge on any atom is 0.267 e. The Balaban J connectivity index is 1.76. The Morgan fingerprint density at radius 2 is 2.08 bits per heavy atom. The summed E-state index contributed by atoms with van der Waals surface area (Å²) in [5.74, 6) is -0.256. The Hall–Kier alpha value is -2.32. The zero-order chi connectivity index (χ0) is 17.8. The topological polar surface area (TPSA) is 76.9 Å². The van der Waals surface area contributed by atoms with Crippen LogP contribution in [0.2, 0.25) is 0 Å². The lowest BCUT2D eigenvalue weighted by Gasteiger charge is -2.16. The summed E-state index contributed by atoms with van der Waals surface area (Å²) in [6.07, 6.45) is 0.665. The van der Waals surface area contributed by atoms with Gasteiger partial charge in [-0.3, -0.25) is 9.59 Å². The lowest BCUT2D eigenvalue weighted by atomic mass is 10.1. The minimum absolute atomic E-state index is 0.106. The first-order valence-corrected chi connectivity index (χ1v) is 9.61. The minimum atomic E-state index is -0.291. The molecule has 8 heteroatoms. The molecule has 1 unspecified atom stereocenters. The van der Waals surface area contributed by atoms with Crippen molar-refractivity contribution in [1.29, 1.82) is 0 Å².